The van der Waals surface area contributed by atoms with Crippen LogP contribution in [0.2, 0.25) is 10.0 Å². The van der Waals surface area contributed by atoms with Crippen molar-refractivity contribution in [3.05, 3.63) is 33.9 Å². The maximum Gasteiger partial charge on any atom is 0.268 e. The lowest BCUT2D eigenvalue weighted by Gasteiger charge is -2.27. The van der Waals surface area contributed by atoms with Crippen molar-refractivity contribution in [1.29, 1.82) is 5.26 Å². The highest BCUT2D eigenvalue weighted by Gasteiger charge is 2.39. The number of nitriles is 1. The molecule has 10 heteroatoms. The van der Waals surface area contributed by atoms with Crippen molar-refractivity contribution >= 4 is 51.8 Å². The Labute approximate surface area is 215 Å². The van der Waals surface area contributed by atoms with E-state index in [4.69, 9.17) is 23.2 Å². The molecule has 2 heterocycles. The maximum atomic E-state index is 13.2. The quantitative estimate of drug-likeness (QED) is 0.434. The van der Waals surface area contributed by atoms with Gasteiger partial charge in [-0.1, -0.05) is 44.0 Å². The van der Waals surface area contributed by atoms with Gasteiger partial charge < -0.3 is 20.9 Å². The van der Waals surface area contributed by atoms with E-state index < -0.39 is 23.9 Å². The fraction of sp³-hybridized carbons (Fsp3) is 0.520. The van der Waals surface area contributed by atoms with Crippen LogP contribution in [-0.2, 0) is 9.59 Å². The van der Waals surface area contributed by atoms with Gasteiger partial charge in [-0.3, -0.25) is 14.4 Å². The Bertz CT molecular complexity index is 1190. The minimum atomic E-state index is -0.891. The number of fused-ring (bicyclic) bond motifs is 1. The highest BCUT2D eigenvalue weighted by atomic mass is 35.5. The van der Waals surface area contributed by atoms with Gasteiger partial charge in [0, 0.05) is 21.9 Å². The zero-order valence-electron chi connectivity index (χ0n) is 20.5. The fourth-order valence-corrected chi connectivity index (χ4v) is 4.99. The summed E-state index contributed by atoms with van der Waals surface area (Å²) in [6.07, 6.45) is 1.12. The third-order valence-electron chi connectivity index (χ3n) is 5.91. The van der Waals surface area contributed by atoms with Crippen LogP contribution in [-0.4, -0.2) is 40.3 Å². The highest BCUT2D eigenvalue weighted by molar-refractivity contribution is 6.38. The number of hydrogen-bond donors (Lipinski definition) is 4. The lowest BCUT2D eigenvalue weighted by atomic mass is 9.87. The molecule has 1 aliphatic heterocycles. The number of H-pyrrole nitrogens is 1. The van der Waals surface area contributed by atoms with E-state index in [0.717, 1.165) is 0 Å². The van der Waals surface area contributed by atoms with Crippen molar-refractivity contribution in [3.8, 4) is 6.07 Å². The Morgan fingerprint density at radius 1 is 1.23 bits per heavy atom. The van der Waals surface area contributed by atoms with Gasteiger partial charge >= 0.3 is 0 Å². The molecule has 1 aromatic carbocycles. The summed E-state index contributed by atoms with van der Waals surface area (Å²) in [6.45, 7) is 9.71. The molecule has 0 aliphatic carbocycles. The number of aromatic nitrogens is 1. The van der Waals surface area contributed by atoms with Crippen LogP contribution in [0.4, 0.5) is 0 Å². The molecule has 3 rings (SSSR count). The maximum absolute atomic E-state index is 13.2. The Kier molecular flexibility index (Phi) is 7.73. The first kappa shape index (κ1) is 26.8. The van der Waals surface area contributed by atoms with E-state index in [1.165, 1.54) is 0 Å². The van der Waals surface area contributed by atoms with E-state index in [9.17, 15) is 19.6 Å². The van der Waals surface area contributed by atoms with Crippen molar-refractivity contribution in [1.82, 2.24) is 20.9 Å². The van der Waals surface area contributed by atoms with Crippen molar-refractivity contribution < 1.29 is 14.4 Å². The zero-order chi connectivity index (χ0) is 26.1. The Hall–Kier alpha value is -2.76. The molecule has 188 valence electrons. The first-order valence-electron chi connectivity index (χ1n) is 11.5. The molecule has 3 amide bonds. The van der Waals surface area contributed by atoms with E-state index in [-0.39, 0.29) is 34.9 Å². The number of nitrogens with one attached hydrogen (secondary N) is 4. The molecule has 0 saturated carbocycles. The summed E-state index contributed by atoms with van der Waals surface area (Å²) in [5.74, 6) is -1.45. The topological polar surface area (TPSA) is 127 Å². The fourth-order valence-electron chi connectivity index (χ4n) is 4.43. The lowest BCUT2D eigenvalue weighted by molar-refractivity contribution is -0.125. The van der Waals surface area contributed by atoms with Gasteiger partial charge in [0.1, 0.15) is 17.8 Å². The average molecular weight is 520 g/mol. The molecule has 1 fully saturated rings. The first-order valence-corrected chi connectivity index (χ1v) is 12.2. The molecular formula is C25H31Cl2N5O3. The van der Waals surface area contributed by atoms with E-state index >= 15 is 0 Å². The average Bonchev–Trinajstić information content (AvgIpc) is 3.25. The van der Waals surface area contributed by atoms with Gasteiger partial charge in [-0.15, -0.1) is 0 Å². The van der Waals surface area contributed by atoms with Crippen molar-refractivity contribution in [2.24, 2.45) is 11.3 Å². The summed E-state index contributed by atoms with van der Waals surface area (Å²) in [6, 6.07) is 5.21. The summed E-state index contributed by atoms with van der Waals surface area (Å²) >= 11 is 12.3. The third-order valence-corrected chi connectivity index (χ3v) is 6.43. The molecule has 2 aromatic rings. The van der Waals surface area contributed by atoms with Gasteiger partial charge in [-0.2, -0.15) is 5.26 Å². The van der Waals surface area contributed by atoms with Crippen LogP contribution in [0, 0.1) is 22.7 Å². The number of aromatic amines is 1. The standard InChI is InChI=1S/C25H31Cl2N5O3/c1-24(2,3)11-19(23(35)29-16(12-28)7-14-10-25(4,5)32-21(14)33)31-22(34)18-8-13-6-15(26)9-17(27)20(13)30-18/h6,8-9,14,16,19,30H,7,10-11H2,1-5H3,(H,29,35)(H,31,34)(H,32,33)/t14-,16+,19+/m1/s1. The van der Waals surface area contributed by atoms with E-state index in [2.05, 4.69) is 27.0 Å². The van der Waals surface area contributed by atoms with Crippen LogP contribution < -0.4 is 16.0 Å². The zero-order valence-corrected chi connectivity index (χ0v) is 22.0. The monoisotopic (exact) mass is 519 g/mol. The van der Waals surface area contributed by atoms with E-state index in [0.29, 0.717) is 33.8 Å². The van der Waals surface area contributed by atoms with Crippen LogP contribution in [0.15, 0.2) is 18.2 Å². The second-order valence-electron chi connectivity index (χ2n) is 11.0. The summed E-state index contributed by atoms with van der Waals surface area (Å²) < 4.78 is 0. The summed E-state index contributed by atoms with van der Waals surface area (Å²) in [4.78, 5) is 41.5. The highest BCUT2D eigenvalue weighted by Crippen LogP contribution is 2.29. The Morgan fingerprint density at radius 2 is 1.91 bits per heavy atom. The number of halogens is 2. The number of nitrogens with zero attached hydrogens (tertiary/aromatic N) is 1. The number of amides is 3. The van der Waals surface area contributed by atoms with Crippen molar-refractivity contribution in [2.75, 3.05) is 0 Å². The van der Waals surface area contributed by atoms with Crippen molar-refractivity contribution in [3.63, 3.8) is 0 Å². The SMILES string of the molecule is CC(C)(C)C[C@H](NC(=O)c1cc2cc(Cl)cc(Cl)c2[nH]1)C(=O)N[C@H](C#N)C[C@@H]1CC(C)(C)NC1=O. The third kappa shape index (κ3) is 6.89. The smallest absolute Gasteiger partial charge is 0.268 e. The number of carbonyl (C=O) groups excluding carboxylic acids is 3. The minimum Gasteiger partial charge on any atom is -0.351 e. The normalized spacial score (nSPS) is 19.0. The first-order chi connectivity index (χ1) is 16.2. The van der Waals surface area contributed by atoms with E-state index in [1.807, 2.05) is 34.6 Å². The van der Waals surface area contributed by atoms with Crippen LogP contribution >= 0.6 is 23.2 Å². The molecule has 1 saturated heterocycles. The Balaban J connectivity index is 1.75. The van der Waals surface area contributed by atoms with Crippen LogP contribution in [0.25, 0.3) is 10.9 Å². The summed E-state index contributed by atoms with van der Waals surface area (Å²) in [5, 5.41) is 19.5. The van der Waals surface area contributed by atoms with Gasteiger partial charge in [0.05, 0.1) is 16.6 Å². The molecule has 8 nitrogen and oxygen atoms in total. The molecule has 0 bridgehead atoms. The number of rotatable bonds is 7. The molecular weight excluding hydrogens is 489 g/mol. The molecule has 0 spiro atoms. The Morgan fingerprint density at radius 3 is 2.49 bits per heavy atom. The molecule has 3 atom stereocenters. The van der Waals surface area contributed by atoms with Crippen molar-refractivity contribution in [2.45, 2.75) is 71.5 Å². The molecule has 1 aromatic heterocycles. The number of carbonyl (C=O) groups is 3. The summed E-state index contributed by atoms with van der Waals surface area (Å²) in [5.41, 5.74) is 0.170. The molecule has 1 aliphatic rings. The van der Waals surface area contributed by atoms with E-state index in [1.54, 1.807) is 18.2 Å². The molecule has 0 unspecified atom stereocenters. The summed E-state index contributed by atoms with van der Waals surface area (Å²) in [7, 11) is 0. The predicted molar refractivity (Wildman–Crippen MR) is 136 cm³/mol. The second kappa shape index (κ2) is 10.1. The lowest BCUT2D eigenvalue weighted by Crippen LogP contribution is -2.51. The molecule has 35 heavy (non-hydrogen) atoms. The van der Waals surface area contributed by atoms with Gasteiger partial charge in [0.15, 0.2) is 0 Å². The molecule has 4 N–H and O–H groups in total. The van der Waals surface area contributed by atoms with Gasteiger partial charge in [0.2, 0.25) is 11.8 Å². The van der Waals surface area contributed by atoms with Crippen LogP contribution in [0.5, 0.6) is 0 Å². The molecule has 0 radical (unpaired) electrons. The number of benzene rings is 1. The minimum absolute atomic E-state index is 0.124. The van der Waals surface area contributed by atoms with Gasteiger partial charge in [-0.05, 0) is 56.7 Å². The number of hydrogen-bond acceptors (Lipinski definition) is 4. The second-order valence-corrected chi connectivity index (χ2v) is 11.9. The largest absolute Gasteiger partial charge is 0.351 e. The van der Waals surface area contributed by atoms with Crippen LogP contribution in [0.1, 0.15) is 64.4 Å². The van der Waals surface area contributed by atoms with Gasteiger partial charge in [0.25, 0.3) is 5.91 Å². The predicted octanol–water partition coefficient (Wildman–Crippen LogP) is 4.32. The van der Waals surface area contributed by atoms with Gasteiger partial charge in [-0.25, -0.2) is 0 Å². The van der Waals surface area contributed by atoms with Crippen LogP contribution in [0.3, 0.4) is 0 Å².